The molecule has 0 unspecified atom stereocenters. The molecule has 0 bridgehead atoms. The number of para-hydroxylation sites is 1. The Hall–Kier alpha value is -2.28. The largest absolute Gasteiger partial charge is 0.273 e. The number of hydrogen-bond donors (Lipinski definition) is 0. The maximum Gasteiger partial charge on any atom is 0.266 e. The van der Waals surface area contributed by atoms with E-state index in [1.165, 1.54) is 6.07 Å². The third-order valence-corrected chi connectivity index (χ3v) is 6.87. The quantitative estimate of drug-likeness (QED) is 0.387. The molecule has 2 amide bonds. The molecule has 2 aliphatic heterocycles. The van der Waals surface area contributed by atoms with Crippen LogP contribution in [0.5, 0.6) is 0 Å². The lowest BCUT2D eigenvalue weighted by Crippen LogP contribution is -2.37. The highest BCUT2D eigenvalue weighted by molar-refractivity contribution is 6.42. The van der Waals surface area contributed by atoms with E-state index >= 15 is 0 Å². The van der Waals surface area contributed by atoms with Crippen molar-refractivity contribution >= 4 is 69.6 Å². The zero-order valence-electron chi connectivity index (χ0n) is 16.2. The number of halogens is 4. The van der Waals surface area contributed by atoms with Gasteiger partial charge in [-0.25, -0.2) is 9.96 Å². The number of carbonyl (C=O) groups is 2. The van der Waals surface area contributed by atoms with Crippen molar-refractivity contribution in [3.05, 3.63) is 92.4 Å². The number of benzene rings is 3. The average Bonchev–Trinajstić information content (AvgIpc) is 3.27. The van der Waals surface area contributed by atoms with Gasteiger partial charge in [0.15, 0.2) is 6.10 Å². The number of anilines is 2. The first kappa shape index (κ1) is 21.6. The van der Waals surface area contributed by atoms with Crippen molar-refractivity contribution in [1.82, 2.24) is 0 Å². The molecule has 2 aliphatic rings. The van der Waals surface area contributed by atoms with Gasteiger partial charge in [-0.15, -0.1) is 0 Å². The number of fused-ring (bicyclic) bond motifs is 1. The minimum absolute atomic E-state index is 0.242. The van der Waals surface area contributed by atoms with Gasteiger partial charge in [0.25, 0.3) is 5.91 Å². The second-order valence-electron chi connectivity index (χ2n) is 7.43. The van der Waals surface area contributed by atoms with Gasteiger partial charge in [0, 0.05) is 10.0 Å². The molecule has 3 atom stereocenters. The summed E-state index contributed by atoms with van der Waals surface area (Å²) in [5.74, 6) is -1.71. The van der Waals surface area contributed by atoms with Gasteiger partial charge in [-0.05, 0) is 48.0 Å². The Balaban J connectivity index is 1.61. The van der Waals surface area contributed by atoms with Crippen LogP contribution in [0.15, 0.2) is 66.7 Å². The second kappa shape index (κ2) is 8.25. The molecule has 3 aromatic rings. The predicted octanol–water partition coefficient (Wildman–Crippen LogP) is 6.35. The van der Waals surface area contributed by atoms with Crippen LogP contribution >= 0.6 is 46.4 Å². The van der Waals surface area contributed by atoms with Crippen molar-refractivity contribution in [1.29, 1.82) is 0 Å². The Bertz CT molecular complexity index is 1240. The number of imide groups is 1. The van der Waals surface area contributed by atoms with Crippen LogP contribution in [-0.4, -0.2) is 17.9 Å². The molecule has 0 radical (unpaired) electrons. The number of hydrogen-bond acceptors (Lipinski definition) is 4. The van der Waals surface area contributed by atoms with E-state index < -0.39 is 29.9 Å². The van der Waals surface area contributed by atoms with Gasteiger partial charge in [-0.2, -0.15) is 0 Å². The van der Waals surface area contributed by atoms with E-state index in [0.29, 0.717) is 32.0 Å². The molecule has 5 rings (SSSR count). The molecule has 2 heterocycles. The summed E-state index contributed by atoms with van der Waals surface area (Å²) in [4.78, 5) is 34.1. The number of carbonyl (C=O) groups excluding carboxylic acids is 2. The summed E-state index contributed by atoms with van der Waals surface area (Å²) in [5.41, 5.74) is 1.66. The van der Waals surface area contributed by atoms with Gasteiger partial charge in [-0.1, -0.05) is 70.7 Å². The monoisotopic (exact) mass is 506 g/mol. The highest BCUT2D eigenvalue weighted by Crippen LogP contribution is 2.49. The minimum Gasteiger partial charge on any atom is -0.273 e. The van der Waals surface area contributed by atoms with Crippen LogP contribution in [0.3, 0.4) is 0 Å². The van der Waals surface area contributed by atoms with E-state index in [1.807, 2.05) is 30.3 Å². The molecule has 5 nitrogen and oxygen atoms in total. The van der Waals surface area contributed by atoms with E-state index in [9.17, 15) is 9.59 Å². The Morgan fingerprint density at radius 1 is 0.719 bits per heavy atom. The van der Waals surface area contributed by atoms with Gasteiger partial charge in [0.2, 0.25) is 5.91 Å². The summed E-state index contributed by atoms with van der Waals surface area (Å²) in [6, 6.07) is 18.2. The number of nitrogens with zero attached hydrogens (tertiary/aromatic N) is 2. The van der Waals surface area contributed by atoms with E-state index in [4.69, 9.17) is 51.2 Å². The van der Waals surface area contributed by atoms with Crippen LogP contribution in [-0.2, 0) is 14.4 Å². The molecular weight excluding hydrogens is 494 g/mol. The fourth-order valence-corrected chi connectivity index (χ4v) is 4.96. The van der Waals surface area contributed by atoms with Crippen molar-refractivity contribution in [3.63, 3.8) is 0 Å². The van der Waals surface area contributed by atoms with Crippen LogP contribution in [0.1, 0.15) is 11.6 Å². The normalized spacial score (nSPS) is 22.6. The SMILES string of the molecule is O=C1[C@H]2[C@@H](c3ccc(Cl)cc3Cl)N(c3ccccc3)O[C@H]2C(=O)N1c1ccc(Cl)c(Cl)c1. The molecule has 2 fully saturated rings. The molecule has 3 aromatic carbocycles. The molecule has 2 saturated heterocycles. The Labute approximate surface area is 203 Å². The summed E-state index contributed by atoms with van der Waals surface area (Å²) in [6.07, 6.45) is -1.02. The van der Waals surface area contributed by atoms with Crippen molar-refractivity contribution in [2.45, 2.75) is 12.1 Å². The summed E-state index contributed by atoms with van der Waals surface area (Å²) in [5, 5.41) is 2.98. The molecule has 9 heteroatoms. The summed E-state index contributed by atoms with van der Waals surface area (Å²) >= 11 is 24.7. The first-order chi connectivity index (χ1) is 15.4. The van der Waals surface area contributed by atoms with Gasteiger partial charge >= 0.3 is 0 Å². The van der Waals surface area contributed by atoms with Crippen LogP contribution in [0.4, 0.5) is 11.4 Å². The third kappa shape index (κ3) is 3.45. The topological polar surface area (TPSA) is 49.9 Å². The smallest absolute Gasteiger partial charge is 0.266 e. The van der Waals surface area contributed by atoms with E-state index in [2.05, 4.69) is 0 Å². The summed E-state index contributed by atoms with van der Waals surface area (Å²) < 4.78 is 0. The van der Waals surface area contributed by atoms with E-state index in [0.717, 1.165) is 4.90 Å². The van der Waals surface area contributed by atoms with Crippen LogP contribution in [0.2, 0.25) is 20.1 Å². The Morgan fingerprint density at radius 2 is 1.47 bits per heavy atom. The van der Waals surface area contributed by atoms with Crippen molar-refractivity contribution < 1.29 is 14.4 Å². The van der Waals surface area contributed by atoms with Gasteiger partial charge in [0.05, 0.1) is 27.5 Å². The van der Waals surface area contributed by atoms with Crippen molar-refractivity contribution in [3.8, 4) is 0 Å². The highest BCUT2D eigenvalue weighted by atomic mass is 35.5. The number of amides is 2. The molecule has 0 aromatic heterocycles. The fourth-order valence-electron chi connectivity index (χ4n) is 4.15. The van der Waals surface area contributed by atoms with Crippen molar-refractivity contribution in [2.24, 2.45) is 5.92 Å². The predicted molar refractivity (Wildman–Crippen MR) is 125 cm³/mol. The maximum absolute atomic E-state index is 13.6. The number of rotatable bonds is 3. The Kier molecular flexibility index (Phi) is 5.56. The van der Waals surface area contributed by atoms with Crippen molar-refractivity contribution in [2.75, 3.05) is 9.96 Å². The number of hydroxylamine groups is 1. The van der Waals surface area contributed by atoms with E-state index in [-0.39, 0.29) is 5.02 Å². The molecule has 32 heavy (non-hydrogen) atoms. The zero-order chi connectivity index (χ0) is 22.6. The lowest BCUT2D eigenvalue weighted by molar-refractivity contribution is -0.126. The minimum atomic E-state index is -1.02. The summed E-state index contributed by atoms with van der Waals surface area (Å²) in [7, 11) is 0. The molecule has 162 valence electrons. The lowest BCUT2D eigenvalue weighted by Gasteiger charge is -2.29. The van der Waals surface area contributed by atoms with E-state index in [1.54, 1.807) is 35.4 Å². The van der Waals surface area contributed by atoms with Crippen LogP contribution in [0.25, 0.3) is 0 Å². The highest BCUT2D eigenvalue weighted by Gasteiger charge is 2.60. The molecule has 0 saturated carbocycles. The standard InChI is InChI=1S/C23H14Cl4N2O3/c24-12-6-8-15(17(26)10-12)20-19-21(32-29(20)13-4-2-1-3-5-13)23(31)28(22(19)30)14-7-9-16(25)18(27)11-14/h1-11,19-21H/t19-,20+,21+/m0/s1. The first-order valence-electron chi connectivity index (χ1n) is 9.65. The maximum atomic E-state index is 13.6. The molecule has 0 aliphatic carbocycles. The van der Waals surface area contributed by atoms with Gasteiger partial charge in [-0.3, -0.25) is 14.4 Å². The lowest BCUT2D eigenvalue weighted by atomic mass is 9.90. The van der Waals surface area contributed by atoms with Gasteiger partial charge in [0.1, 0.15) is 5.92 Å². The summed E-state index contributed by atoms with van der Waals surface area (Å²) in [6.45, 7) is 0. The van der Waals surface area contributed by atoms with Gasteiger partial charge < -0.3 is 0 Å². The average molecular weight is 508 g/mol. The molecular formula is C23H14Cl4N2O3. The third-order valence-electron chi connectivity index (χ3n) is 5.57. The Morgan fingerprint density at radius 3 is 2.16 bits per heavy atom. The fraction of sp³-hybridized carbons (Fsp3) is 0.130. The molecule has 0 N–H and O–H groups in total. The molecule has 0 spiro atoms. The second-order valence-corrected chi connectivity index (χ2v) is 9.09. The van der Waals surface area contributed by atoms with Crippen LogP contribution < -0.4 is 9.96 Å². The first-order valence-corrected chi connectivity index (χ1v) is 11.2. The zero-order valence-corrected chi connectivity index (χ0v) is 19.2. The van der Waals surface area contributed by atoms with Crippen LogP contribution in [0, 0.1) is 5.92 Å².